The first-order valence-electron chi connectivity index (χ1n) is 12.4. The molecule has 3 aromatic rings. The summed E-state index contributed by atoms with van der Waals surface area (Å²) in [7, 11) is 0. The van der Waals surface area contributed by atoms with Crippen LogP contribution in [0.15, 0.2) is 24.5 Å². The van der Waals surface area contributed by atoms with Gasteiger partial charge in [-0.15, -0.1) is 0 Å². The van der Waals surface area contributed by atoms with Gasteiger partial charge in [0.25, 0.3) is 0 Å². The maximum atomic E-state index is 10.1. The number of hydrogen-bond acceptors (Lipinski definition) is 8. The standard InChI is InChI=1S/C25H31N7O2/c33-20-13-18(14-28-15-20)23-29-21(16-1-7-26-8-2-16)22-25(31-23)32(19-3-9-27-10-4-19)24(30-22)17-5-11-34-12-6-17/h5,13-16,19,26-27,33H,1-4,6-12H2. The number of piperidine rings is 2. The Hall–Kier alpha value is -2.88. The second-order valence-electron chi connectivity index (χ2n) is 9.40. The number of aromatic hydroxyl groups is 1. The normalized spacial score (nSPS) is 20.5. The maximum absolute atomic E-state index is 10.1. The lowest BCUT2D eigenvalue weighted by Crippen LogP contribution is -2.30. The number of ether oxygens (including phenoxy) is 1. The molecule has 0 atom stereocenters. The summed E-state index contributed by atoms with van der Waals surface area (Å²) in [6, 6.07) is 2.02. The van der Waals surface area contributed by atoms with Crippen molar-refractivity contribution in [1.29, 1.82) is 0 Å². The number of nitrogens with one attached hydrogen (secondary N) is 2. The minimum Gasteiger partial charge on any atom is -0.506 e. The van der Waals surface area contributed by atoms with Crippen LogP contribution < -0.4 is 10.6 Å². The quantitative estimate of drug-likeness (QED) is 0.544. The smallest absolute Gasteiger partial charge is 0.164 e. The van der Waals surface area contributed by atoms with Gasteiger partial charge in [-0.2, -0.15) is 0 Å². The molecule has 6 rings (SSSR count). The highest BCUT2D eigenvalue weighted by atomic mass is 16.5. The predicted octanol–water partition coefficient (Wildman–Crippen LogP) is 2.79. The lowest BCUT2D eigenvalue weighted by molar-refractivity contribution is 0.161. The fourth-order valence-corrected chi connectivity index (χ4v) is 5.42. The molecular formula is C25H31N7O2. The summed E-state index contributed by atoms with van der Waals surface area (Å²) < 4.78 is 7.97. The first-order valence-corrected chi connectivity index (χ1v) is 12.4. The van der Waals surface area contributed by atoms with E-state index in [0.717, 1.165) is 86.5 Å². The minimum atomic E-state index is 0.115. The van der Waals surface area contributed by atoms with Gasteiger partial charge >= 0.3 is 0 Å². The molecule has 0 bridgehead atoms. The van der Waals surface area contributed by atoms with Crippen LogP contribution in [0, 0.1) is 0 Å². The van der Waals surface area contributed by atoms with E-state index >= 15 is 0 Å². The van der Waals surface area contributed by atoms with E-state index in [1.165, 1.54) is 11.8 Å². The van der Waals surface area contributed by atoms with Crippen molar-refractivity contribution in [1.82, 2.24) is 35.1 Å². The number of pyridine rings is 1. The summed E-state index contributed by atoms with van der Waals surface area (Å²) in [5.41, 5.74) is 4.80. The van der Waals surface area contributed by atoms with Gasteiger partial charge in [-0.05, 0) is 69.9 Å². The van der Waals surface area contributed by atoms with Gasteiger partial charge in [0.15, 0.2) is 11.5 Å². The molecule has 6 heterocycles. The van der Waals surface area contributed by atoms with Gasteiger partial charge in [0.2, 0.25) is 0 Å². The summed E-state index contributed by atoms with van der Waals surface area (Å²) in [5.74, 6) is 2.06. The number of rotatable bonds is 4. The van der Waals surface area contributed by atoms with Crippen molar-refractivity contribution in [2.45, 2.75) is 44.1 Å². The molecule has 3 aliphatic rings. The maximum Gasteiger partial charge on any atom is 0.164 e. The Kier molecular flexibility index (Phi) is 5.98. The summed E-state index contributed by atoms with van der Waals surface area (Å²) >= 11 is 0. The second-order valence-corrected chi connectivity index (χ2v) is 9.40. The molecule has 3 N–H and O–H groups in total. The van der Waals surface area contributed by atoms with Gasteiger partial charge in [0.1, 0.15) is 17.1 Å². The molecule has 0 unspecified atom stereocenters. The van der Waals surface area contributed by atoms with Gasteiger partial charge in [-0.1, -0.05) is 6.08 Å². The average Bonchev–Trinajstić information content (AvgIpc) is 3.29. The third kappa shape index (κ3) is 4.08. The van der Waals surface area contributed by atoms with Crippen LogP contribution in [-0.2, 0) is 4.74 Å². The second kappa shape index (κ2) is 9.40. The molecule has 0 aromatic carbocycles. The van der Waals surface area contributed by atoms with Crippen LogP contribution in [0.5, 0.6) is 5.75 Å². The van der Waals surface area contributed by atoms with Crippen LogP contribution in [-0.4, -0.2) is 69.0 Å². The topological polar surface area (TPSA) is 110 Å². The number of fused-ring (bicyclic) bond motifs is 1. The van der Waals surface area contributed by atoms with Crippen LogP contribution in [0.3, 0.4) is 0 Å². The molecular weight excluding hydrogens is 430 g/mol. The molecule has 3 aliphatic heterocycles. The molecule has 2 fully saturated rings. The van der Waals surface area contributed by atoms with Crippen molar-refractivity contribution in [3.63, 3.8) is 0 Å². The molecule has 0 aliphatic carbocycles. The van der Waals surface area contributed by atoms with E-state index in [0.29, 0.717) is 31.0 Å². The number of aromatic nitrogens is 5. The van der Waals surface area contributed by atoms with Gasteiger partial charge in [0, 0.05) is 23.7 Å². The van der Waals surface area contributed by atoms with E-state index in [1.54, 1.807) is 12.3 Å². The van der Waals surface area contributed by atoms with E-state index in [4.69, 9.17) is 19.7 Å². The van der Waals surface area contributed by atoms with Gasteiger partial charge in [0.05, 0.1) is 25.1 Å². The first-order chi connectivity index (χ1) is 16.8. The lowest BCUT2D eigenvalue weighted by atomic mass is 9.93. The molecule has 0 spiro atoms. The van der Waals surface area contributed by atoms with E-state index in [2.05, 4.69) is 26.3 Å². The highest BCUT2D eigenvalue weighted by Gasteiger charge is 2.29. The van der Waals surface area contributed by atoms with Crippen molar-refractivity contribution in [3.05, 3.63) is 36.1 Å². The van der Waals surface area contributed by atoms with E-state index in [-0.39, 0.29) is 5.75 Å². The highest BCUT2D eigenvalue weighted by molar-refractivity contribution is 5.81. The van der Waals surface area contributed by atoms with Crippen molar-refractivity contribution >= 4 is 16.7 Å². The summed E-state index contributed by atoms with van der Waals surface area (Å²) in [4.78, 5) is 19.6. The van der Waals surface area contributed by atoms with Crippen molar-refractivity contribution in [2.24, 2.45) is 0 Å². The summed E-state index contributed by atoms with van der Waals surface area (Å²) in [5, 5.41) is 17.0. The largest absolute Gasteiger partial charge is 0.506 e. The molecule has 0 saturated carbocycles. The Bertz CT molecular complexity index is 1210. The zero-order valence-corrected chi connectivity index (χ0v) is 19.3. The Labute approximate surface area is 198 Å². The SMILES string of the molecule is Oc1cncc(-c2nc(C3CCNCC3)c3nc(C4=CCOCC4)n(C4CCNCC4)c3n2)c1. The third-order valence-corrected chi connectivity index (χ3v) is 7.20. The molecule has 0 amide bonds. The molecule has 9 heteroatoms. The fraction of sp³-hybridized carbons (Fsp3) is 0.520. The zero-order valence-electron chi connectivity index (χ0n) is 19.3. The predicted molar refractivity (Wildman–Crippen MR) is 130 cm³/mol. The van der Waals surface area contributed by atoms with E-state index in [1.807, 2.05) is 0 Å². The van der Waals surface area contributed by atoms with Gasteiger partial charge in [-0.25, -0.2) is 15.0 Å². The molecule has 9 nitrogen and oxygen atoms in total. The Morgan fingerprint density at radius 1 is 0.971 bits per heavy atom. The van der Waals surface area contributed by atoms with Gasteiger partial charge < -0.3 is 25.0 Å². The van der Waals surface area contributed by atoms with E-state index < -0.39 is 0 Å². The third-order valence-electron chi connectivity index (χ3n) is 7.20. The Balaban J connectivity index is 1.59. The molecule has 3 aromatic heterocycles. The fourth-order valence-electron chi connectivity index (χ4n) is 5.42. The van der Waals surface area contributed by atoms with Crippen molar-refractivity contribution in [2.75, 3.05) is 39.4 Å². The average molecular weight is 462 g/mol. The van der Waals surface area contributed by atoms with Crippen molar-refractivity contribution < 1.29 is 9.84 Å². The molecule has 2 saturated heterocycles. The summed E-state index contributed by atoms with van der Waals surface area (Å²) in [6.45, 7) is 5.27. The molecule has 0 radical (unpaired) electrons. The van der Waals surface area contributed by atoms with Crippen LogP contribution in [0.25, 0.3) is 28.1 Å². The Morgan fingerprint density at radius 2 is 1.76 bits per heavy atom. The van der Waals surface area contributed by atoms with Crippen molar-refractivity contribution in [3.8, 4) is 17.1 Å². The molecule has 34 heavy (non-hydrogen) atoms. The number of nitrogens with zero attached hydrogens (tertiary/aromatic N) is 5. The lowest BCUT2D eigenvalue weighted by Gasteiger charge is -2.27. The molecule has 178 valence electrons. The minimum absolute atomic E-state index is 0.115. The van der Waals surface area contributed by atoms with Crippen LogP contribution in [0.2, 0.25) is 0 Å². The highest BCUT2D eigenvalue weighted by Crippen LogP contribution is 2.37. The van der Waals surface area contributed by atoms with Gasteiger partial charge in [-0.3, -0.25) is 4.98 Å². The first kappa shape index (κ1) is 21.6. The monoisotopic (exact) mass is 461 g/mol. The number of hydrogen-bond donors (Lipinski definition) is 3. The van der Waals surface area contributed by atoms with E-state index in [9.17, 15) is 5.11 Å². The number of imidazole rings is 1. The van der Waals surface area contributed by atoms with Crippen LogP contribution in [0.1, 0.15) is 55.6 Å². The summed E-state index contributed by atoms with van der Waals surface area (Å²) in [6.07, 6.45) is 10.3. The van der Waals surface area contributed by atoms with Crippen LogP contribution in [0.4, 0.5) is 0 Å². The van der Waals surface area contributed by atoms with Crippen LogP contribution >= 0.6 is 0 Å². The Morgan fingerprint density at radius 3 is 2.50 bits per heavy atom. The zero-order chi connectivity index (χ0) is 22.9.